The Balaban J connectivity index is 1.62. The maximum Gasteiger partial charge on any atom is 0.269 e. The van der Waals surface area contributed by atoms with Crippen molar-refractivity contribution < 1.29 is 8.42 Å². The zero-order chi connectivity index (χ0) is 21.6. The molecule has 0 spiro atoms. The van der Waals surface area contributed by atoms with Gasteiger partial charge in [0.2, 0.25) is 0 Å². The summed E-state index contributed by atoms with van der Waals surface area (Å²) < 4.78 is 30.0. The van der Waals surface area contributed by atoms with Crippen LogP contribution in [0.5, 0.6) is 0 Å². The van der Waals surface area contributed by atoms with Crippen molar-refractivity contribution in [3.8, 4) is 0 Å². The van der Waals surface area contributed by atoms with Crippen LogP contribution in [0.2, 0.25) is 0 Å². The van der Waals surface area contributed by atoms with Crippen LogP contribution in [-0.4, -0.2) is 39.5 Å². The highest BCUT2D eigenvalue weighted by Crippen LogP contribution is 2.35. The number of fused-ring (bicyclic) bond motifs is 3. The summed E-state index contributed by atoms with van der Waals surface area (Å²) in [7, 11) is -3.72. The molecule has 1 aromatic carbocycles. The van der Waals surface area contributed by atoms with Crippen LogP contribution in [0.3, 0.4) is 0 Å². The average molecular weight is 438 g/mol. The number of benzene rings is 1. The van der Waals surface area contributed by atoms with Gasteiger partial charge in [0.1, 0.15) is 11.3 Å². The van der Waals surface area contributed by atoms with Crippen molar-refractivity contribution in [1.82, 2.24) is 23.8 Å². The quantitative estimate of drug-likeness (QED) is 0.510. The fourth-order valence-electron chi connectivity index (χ4n) is 4.94. The molecule has 3 heterocycles. The molecule has 4 aromatic rings. The lowest BCUT2D eigenvalue weighted by atomic mass is 9.90. The largest absolute Gasteiger partial charge is 0.324 e. The highest BCUT2D eigenvalue weighted by Gasteiger charge is 2.27. The standard InChI is InChI=1S/C23H27N5O2S/c1-3-24-17-9-11-18(12-10-17)28-16(2)26-21-15-25-23-20(22(21)28)13-14-27(23)31(29,30)19-7-5-4-6-8-19/h4-8,13-15,17-18,24H,3,9-12H2,1-2H3. The second-order valence-corrected chi connectivity index (χ2v) is 10.1. The monoisotopic (exact) mass is 437 g/mol. The maximum absolute atomic E-state index is 13.2. The molecule has 0 amide bonds. The van der Waals surface area contributed by atoms with E-state index in [4.69, 9.17) is 4.98 Å². The van der Waals surface area contributed by atoms with Gasteiger partial charge in [0, 0.05) is 23.7 Å². The Morgan fingerprint density at radius 1 is 1.10 bits per heavy atom. The van der Waals surface area contributed by atoms with Crippen molar-refractivity contribution in [3.63, 3.8) is 0 Å². The van der Waals surface area contributed by atoms with Gasteiger partial charge in [-0.15, -0.1) is 0 Å². The molecule has 8 heteroatoms. The van der Waals surface area contributed by atoms with E-state index in [0.717, 1.165) is 54.5 Å². The molecular weight excluding hydrogens is 410 g/mol. The molecular formula is C23H27N5O2S. The van der Waals surface area contributed by atoms with Gasteiger partial charge in [-0.1, -0.05) is 25.1 Å². The Morgan fingerprint density at radius 3 is 2.55 bits per heavy atom. The summed E-state index contributed by atoms with van der Waals surface area (Å²) in [6.45, 7) is 5.18. The zero-order valence-corrected chi connectivity index (χ0v) is 18.6. The van der Waals surface area contributed by atoms with Gasteiger partial charge in [-0.3, -0.25) is 0 Å². The molecule has 162 valence electrons. The number of nitrogens with zero attached hydrogens (tertiary/aromatic N) is 4. The fraction of sp³-hybridized carbons (Fsp3) is 0.391. The third-order valence-electron chi connectivity index (χ3n) is 6.36. The lowest BCUT2D eigenvalue weighted by Crippen LogP contribution is -2.33. The highest BCUT2D eigenvalue weighted by molar-refractivity contribution is 7.90. The number of nitrogens with one attached hydrogen (secondary N) is 1. The van der Waals surface area contributed by atoms with Crippen molar-refractivity contribution in [2.45, 2.75) is 56.5 Å². The third-order valence-corrected chi connectivity index (χ3v) is 8.04. The summed E-state index contributed by atoms with van der Waals surface area (Å²) in [4.78, 5) is 9.50. The highest BCUT2D eigenvalue weighted by atomic mass is 32.2. The van der Waals surface area contributed by atoms with Crippen molar-refractivity contribution >= 4 is 32.1 Å². The lowest BCUT2D eigenvalue weighted by Gasteiger charge is -2.31. The molecule has 31 heavy (non-hydrogen) atoms. The number of hydrogen-bond donors (Lipinski definition) is 1. The van der Waals surface area contributed by atoms with E-state index in [1.54, 1.807) is 42.7 Å². The SMILES string of the molecule is CCNC1CCC(n2c(C)nc3cnc4c(ccn4S(=O)(=O)c4ccccc4)c32)CC1. The molecule has 0 unspecified atom stereocenters. The number of aryl methyl sites for hydroxylation is 1. The molecule has 0 atom stereocenters. The second kappa shape index (κ2) is 7.76. The van der Waals surface area contributed by atoms with Crippen molar-refractivity contribution in [2.75, 3.05) is 6.54 Å². The molecule has 0 radical (unpaired) electrons. The van der Waals surface area contributed by atoms with Crippen LogP contribution < -0.4 is 5.32 Å². The first-order valence-electron chi connectivity index (χ1n) is 10.9. The maximum atomic E-state index is 13.2. The van der Waals surface area contributed by atoms with Crippen molar-refractivity contribution in [2.24, 2.45) is 0 Å². The second-order valence-electron chi connectivity index (χ2n) is 8.25. The van der Waals surface area contributed by atoms with Gasteiger partial charge in [0.15, 0.2) is 5.65 Å². The minimum atomic E-state index is -3.72. The number of aromatic nitrogens is 4. The van der Waals surface area contributed by atoms with Crippen LogP contribution in [0.4, 0.5) is 0 Å². The first kappa shape index (κ1) is 20.2. The molecule has 1 aliphatic carbocycles. The van der Waals surface area contributed by atoms with E-state index < -0.39 is 10.0 Å². The minimum absolute atomic E-state index is 0.251. The Hall–Kier alpha value is -2.71. The molecule has 1 aliphatic rings. The van der Waals surface area contributed by atoms with Crippen LogP contribution >= 0.6 is 0 Å². The third kappa shape index (κ3) is 3.34. The average Bonchev–Trinajstić information content (AvgIpc) is 3.36. The van der Waals surface area contributed by atoms with Gasteiger partial charge in [-0.2, -0.15) is 0 Å². The number of hydrogen-bond acceptors (Lipinski definition) is 5. The van der Waals surface area contributed by atoms with E-state index in [9.17, 15) is 8.42 Å². The molecule has 5 rings (SSSR count). The van der Waals surface area contributed by atoms with Gasteiger partial charge in [-0.25, -0.2) is 22.4 Å². The first-order valence-corrected chi connectivity index (χ1v) is 12.3. The van der Waals surface area contributed by atoms with Crippen molar-refractivity contribution in [1.29, 1.82) is 0 Å². The molecule has 0 aliphatic heterocycles. The van der Waals surface area contributed by atoms with Crippen LogP contribution in [0.25, 0.3) is 22.1 Å². The molecule has 3 aromatic heterocycles. The lowest BCUT2D eigenvalue weighted by molar-refractivity contribution is 0.295. The van der Waals surface area contributed by atoms with E-state index >= 15 is 0 Å². The van der Waals surface area contributed by atoms with Gasteiger partial charge >= 0.3 is 0 Å². The van der Waals surface area contributed by atoms with Crippen LogP contribution in [0.1, 0.15) is 44.5 Å². The fourth-order valence-corrected chi connectivity index (χ4v) is 6.26. The van der Waals surface area contributed by atoms with E-state index in [0.29, 0.717) is 17.7 Å². The summed E-state index contributed by atoms with van der Waals surface area (Å²) in [5, 5.41) is 4.39. The molecule has 7 nitrogen and oxygen atoms in total. The van der Waals surface area contributed by atoms with Crippen LogP contribution in [0, 0.1) is 6.92 Å². The predicted octanol–water partition coefficient (Wildman–Crippen LogP) is 4.02. The zero-order valence-electron chi connectivity index (χ0n) is 17.8. The van der Waals surface area contributed by atoms with Crippen molar-refractivity contribution in [3.05, 3.63) is 54.6 Å². The Kier molecular flexibility index (Phi) is 5.06. The Morgan fingerprint density at radius 2 is 1.84 bits per heavy atom. The van der Waals surface area contributed by atoms with E-state index in [1.165, 1.54) is 3.97 Å². The number of imidazole rings is 1. The number of pyridine rings is 1. The Labute approximate surface area is 182 Å². The Bertz CT molecular complexity index is 1330. The van der Waals surface area contributed by atoms with Gasteiger partial charge in [0.25, 0.3) is 10.0 Å². The van der Waals surface area contributed by atoms with E-state index in [2.05, 4.69) is 21.8 Å². The number of rotatable bonds is 5. The van der Waals surface area contributed by atoms with Gasteiger partial charge < -0.3 is 9.88 Å². The van der Waals surface area contributed by atoms with Crippen LogP contribution in [0.15, 0.2) is 53.7 Å². The molecule has 0 saturated heterocycles. The van der Waals surface area contributed by atoms with E-state index in [-0.39, 0.29) is 4.90 Å². The summed E-state index contributed by atoms with van der Waals surface area (Å²) in [6.07, 6.45) is 7.73. The topological polar surface area (TPSA) is 81.8 Å². The van der Waals surface area contributed by atoms with Gasteiger partial charge in [0.05, 0.1) is 16.6 Å². The van der Waals surface area contributed by atoms with Crippen LogP contribution in [-0.2, 0) is 10.0 Å². The smallest absolute Gasteiger partial charge is 0.269 e. The first-order chi connectivity index (χ1) is 15.0. The van der Waals surface area contributed by atoms with Gasteiger partial charge in [-0.05, 0) is 57.4 Å². The molecule has 1 saturated carbocycles. The minimum Gasteiger partial charge on any atom is -0.324 e. The normalized spacial score (nSPS) is 19.9. The molecule has 1 fully saturated rings. The summed E-state index contributed by atoms with van der Waals surface area (Å²) in [6, 6.07) is 11.3. The predicted molar refractivity (Wildman–Crippen MR) is 122 cm³/mol. The summed E-state index contributed by atoms with van der Waals surface area (Å²) >= 11 is 0. The van der Waals surface area contributed by atoms with E-state index in [1.807, 2.05) is 13.0 Å². The molecule has 1 N–H and O–H groups in total. The summed E-state index contributed by atoms with van der Waals surface area (Å²) in [5.74, 6) is 0.954. The molecule has 0 bridgehead atoms. The summed E-state index contributed by atoms with van der Waals surface area (Å²) in [5.41, 5.74) is 2.24.